The lowest BCUT2D eigenvalue weighted by atomic mass is 10.1. The standard InChI is InChI=1S/C15H20N4O3S/c1-17-12-4-3-11(7-13(12)18(2)15(17)20)23(21,22)19-6-5-10-8-16-9-14(10)19/h3-4,7,10,14,16H,5-6,8-9H2,1-2H3/t10-,14+/m1/s1. The Labute approximate surface area is 134 Å². The predicted molar refractivity (Wildman–Crippen MR) is 86.8 cm³/mol. The van der Waals surface area contributed by atoms with Gasteiger partial charge >= 0.3 is 5.69 Å². The molecule has 124 valence electrons. The SMILES string of the molecule is Cn1c(=O)n(C)c2cc(S(=O)(=O)N3CC[C@@H]4CNC[C@@H]43)ccc21. The number of hydrogen-bond donors (Lipinski definition) is 1. The lowest BCUT2D eigenvalue weighted by Crippen LogP contribution is -2.39. The summed E-state index contributed by atoms with van der Waals surface area (Å²) in [5, 5.41) is 3.27. The van der Waals surface area contributed by atoms with Gasteiger partial charge in [-0.25, -0.2) is 13.2 Å². The first-order valence-corrected chi connectivity index (χ1v) is 9.23. The fourth-order valence-electron chi connectivity index (χ4n) is 3.89. The molecule has 2 atom stereocenters. The summed E-state index contributed by atoms with van der Waals surface area (Å²) in [5.74, 6) is 0.412. The van der Waals surface area contributed by atoms with Crippen LogP contribution in [-0.2, 0) is 24.1 Å². The van der Waals surface area contributed by atoms with Crippen LogP contribution < -0.4 is 11.0 Å². The molecule has 0 aliphatic carbocycles. The van der Waals surface area contributed by atoms with Gasteiger partial charge in [-0.05, 0) is 37.1 Å². The van der Waals surface area contributed by atoms with E-state index in [0.717, 1.165) is 25.0 Å². The van der Waals surface area contributed by atoms with E-state index in [0.29, 0.717) is 18.0 Å². The van der Waals surface area contributed by atoms with E-state index < -0.39 is 10.0 Å². The van der Waals surface area contributed by atoms with Crippen molar-refractivity contribution >= 4 is 21.1 Å². The monoisotopic (exact) mass is 336 g/mol. The summed E-state index contributed by atoms with van der Waals surface area (Å²) >= 11 is 0. The Morgan fingerprint density at radius 1 is 1.13 bits per heavy atom. The van der Waals surface area contributed by atoms with Crippen LogP contribution >= 0.6 is 0 Å². The largest absolute Gasteiger partial charge is 0.328 e. The topological polar surface area (TPSA) is 76.3 Å². The summed E-state index contributed by atoms with van der Waals surface area (Å²) in [4.78, 5) is 12.3. The van der Waals surface area contributed by atoms with Crippen molar-refractivity contribution in [1.29, 1.82) is 0 Å². The van der Waals surface area contributed by atoms with Gasteiger partial charge in [0, 0.05) is 33.2 Å². The van der Waals surface area contributed by atoms with E-state index in [9.17, 15) is 13.2 Å². The number of sulfonamides is 1. The predicted octanol–water partition coefficient (Wildman–Crippen LogP) is -0.141. The van der Waals surface area contributed by atoms with Gasteiger partial charge in [0.2, 0.25) is 10.0 Å². The van der Waals surface area contributed by atoms with Crippen LogP contribution in [0.25, 0.3) is 11.0 Å². The third-order valence-electron chi connectivity index (χ3n) is 5.24. The molecular weight excluding hydrogens is 316 g/mol. The molecule has 1 aromatic heterocycles. The van der Waals surface area contributed by atoms with Crippen molar-refractivity contribution in [3.8, 4) is 0 Å². The Morgan fingerprint density at radius 2 is 1.87 bits per heavy atom. The van der Waals surface area contributed by atoms with E-state index in [1.54, 1.807) is 36.6 Å². The molecular formula is C15H20N4O3S. The van der Waals surface area contributed by atoms with Gasteiger partial charge < -0.3 is 5.32 Å². The summed E-state index contributed by atoms with van der Waals surface area (Å²) in [7, 11) is -0.187. The van der Waals surface area contributed by atoms with Crippen LogP contribution in [0.1, 0.15) is 6.42 Å². The fraction of sp³-hybridized carbons (Fsp3) is 0.533. The Balaban J connectivity index is 1.82. The van der Waals surface area contributed by atoms with E-state index in [1.807, 2.05) is 0 Å². The van der Waals surface area contributed by atoms with Crippen LogP contribution in [0.4, 0.5) is 0 Å². The normalized spacial score (nSPS) is 25.3. The number of fused-ring (bicyclic) bond motifs is 2. The van der Waals surface area contributed by atoms with Gasteiger partial charge in [0.15, 0.2) is 0 Å². The molecule has 1 aromatic carbocycles. The zero-order chi connectivity index (χ0) is 16.4. The minimum absolute atomic E-state index is 0.0512. The highest BCUT2D eigenvalue weighted by Crippen LogP contribution is 2.32. The molecule has 4 rings (SSSR count). The number of hydrogen-bond acceptors (Lipinski definition) is 4. The van der Waals surface area contributed by atoms with Gasteiger partial charge in [-0.3, -0.25) is 9.13 Å². The highest BCUT2D eigenvalue weighted by atomic mass is 32.2. The smallest absolute Gasteiger partial charge is 0.315 e. The molecule has 2 fully saturated rings. The molecule has 3 heterocycles. The van der Waals surface area contributed by atoms with E-state index >= 15 is 0 Å². The molecule has 8 heteroatoms. The molecule has 2 aromatic rings. The Morgan fingerprint density at radius 3 is 2.65 bits per heavy atom. The Bertz CT molecular complexity index is 944. The number of aryl methyl sites for hydroxylation is 2. The number of aromatic nitrogens is 2. The first kappa shape index (κ1) is 14.9. The zero-order valence-electron chi connectivity index (χ0n) is 13.2. The zero-order valence-corrected chi connectivity index (χ0v) is 14.0. The number of nitrogens with zero attached hydrogens (tertiary/aromatic N) is 3. The van der Waals surface area contributed by atoms with Gasteiger partial charge in [0.25, 0.3) is 0 Å². The fourth-order valence-corrected chi connectivity index (χ4v) is 5.61. The summed E-state index contributed by atoms with van der Waals surface area (Å²) in [6.07, 6.45) is 0.906. The van der Waals surface area contributed by atoms with Gasteiger partial charge in [0.05, 0.1) is 15.9 Å². The maximum atomic E-state index is 13.0. The summed E-state index contributed by atoms with van der Waals surface area (Å²) in [5.41, 5.74) is 1.22. The van der Waals surface area contributed by atoms with Crippen molar-refractivity contribution in [2.45, 2.75) is 17.4 Å². The summed E-state index contributed by atoms with van der Waals surface area (Å²) in [6.45, 7) is 2.18. The molecule has 0 radical (unpaired) electrons. The second-order valence-corrected chi connectivity index (χ2v) is 8.33. The number of imidazole rings is 1. The van der Waals surface area contributed by atoms with Crippen LogP contribution in [-0.4, -0.2) is 47.5 Å². The van der Waals surface area contributed by atoms with Gasteiger partial charge in [-0.2, -0.15) is 4.31 Å². The van der Waals surface area contributed by atoms with Crippen molar-refractivity contribution in [2.24, 2.45) is 20.0 Å². The first-order valence-electron chi connectivity index (χ1n) is 7.79. The van der Waals surface area contributed by atoms with Crippen LogP contribution in [0.15, 0.2) is 27.9 Å². The van der Waals surface area contributed by atoms with Gasteiger partial charge in [-0.1, -0.05) is 0 Å². The second-order valence-electron chi connectivity index (χ2n) is 6.44. The van der Waals surface area contributed by atoms with E-state index in [1.165, 1.54) is 9.13 Å². The highest BCUT2D eigenvalue weighted by Gasteiger charge is 2.43. The number of rotatable bonds is 2. The van der Waals surface area contributed by atoms with Crippen molar-refractivity contribution < 1.29 is 8.42 Å². The maximum Gasteiger partial charge on any atom is 0.328 e. The third kappa shape index (κ3) is 2.02. The van der Waals surface area contributed by atoms with Crippen LogP contribution in [0, 0.1) is 5.92 Å². The lowest BCUT2D eigenvalue weighted by molar-refractivity contribution is 0.383. The molecule has 0 saturated carbocycles. The molecule has 2 aliphatic rings. The highest BCUT2D eigenvalue weighted by molar-refractivity contribution is 7.89. The molecule has 2 saturated heterocycles. The first-order chi connectivity index (χ1) is 10.9. The molecule has 1 N–H and O–H groups in total. The molecule has 23 heavy (non-hydrogen) atoms. The van der Waals surface area contributed by atoms with Gasteiger partial charge in [-0.15, -0.1) is 0 Å². The molecule has 2 aliphatic heterocycles. The summed E-state index contributed by atoms with van der Waals surface area (Å²) in [6, 6.07) is 4.98. The molecule has 0 amide bonds. The number of nitrogens with one attached hydrogen (secondary N) is 1. The Hall–Kier alpha value is -1.64. The van der Waals surface area contributed by atoms with Crippen LogP contribution in [0.2, 0.25) is 0 Å². The summed E-state index contributed by atoms with van der Waals surface area (Å²) < 4.78 is 30.7. The number of benzene rings is 1. The van der Waals surface area contributed by atoms with Crippen LogP contribution in [0.3, 0.4) is 0 Å². The van der Waals surface area contributed by atoms with Gasteiger partial charge in [0.1, 0.15) is 0 Å². The van der Waals surface area contributed by atoms with E-state index in [4.69, 9.17) is 0 Å². The van der Waals surface area contributed by atoms with Crippen LogP contribution in [0.5, 0.6) is 0 Å². The quantitative estimate of drug-likeness (QED) is 0.828. The molecule has 7 nitrogen and oxygen atoms in total. The molecule has 0 spiro atoms. The van der Waals surface area contributed by atoms with Crippen molar-refractivity contribution in [2.75, 3.05) is 19.6 Å². The molecule has 0 unspecified atom stereocenters. The van der Waals surface area contributed by atoms with Crippen molar-refractivity contribution in [3.05, 3.63) is 28.7 Å². The third-order valence-corrected chi connectivity index (χ3v) is 7.16. The lowest BCUT2D eigenvalue weighted by Gasteiger charge is -2.22. The average molecular weight is 336 g/mol. The molecule has 0 bridgehead atoms. The maximum absolute atomic E-state index is 13.0. The average Bonchev–Trinajstić information content (AvgIpc) is 3.19. The van der Waals surface area contributed by atoms with E-state index in [2.05, 4.69) is 5.32 Å². The Kier molecular flexibility index (Phi) is 3.20. The van der Waals surface area contributed by atoms with Crippen molar-refractivity contribution in [1.82, 2.24) is 18.8 Å². The second kappa shape index (κ2) is 4.93. The minimum Gasteiger partial charge on any atom is -0.315 e. The minimum atomic E-state index is -3.54. The van der Waals surface area contributed by atoms with E-state index in [-0.39, 0.29) is 16.6 Å². The van der Waals surface area contributed by atoms with Crippen molar-refractivity contribution in [3.63, 3.8) is 0 Å².